The van der Waals surface area contributed by atoms with Crippen molar-refractivity contribution in [2.45, 2.75) is 0 Å². The molecule has 0 spiro atoms. The van der Waals surface area contributed by atoms with Gasteiger partial charge in [0.15, 0.2) is 5.65 Å². The number of nitrogens with one attached hydrogen (secondary N) is 1. The van der Waals surface area contributed by atoms with Crippen LogP contribution in [0.1, 0.15) is 0 Å². The lowest BCUT2D eigenvalue weighted by Gasteiger charge is -2.00. The first kappa shape index (κ1) is 11.3. The summed E-state index contributed by atoms with van der Waals surface area (Å²) in [5.41, 5.74) is 1.17. The number of H-pyrrole nitrogens is 1. The third-order valence-corrected chi connectivity index (χ3v) is 2.28. The Bertz CT molecular complexity index is 690. The third-order valence-electron chi connectivity index (χ3n) is 2.28. The lowest BCUT2D eigenvalue weighted by molar-refractivity contribution is 0.891. The van der Waals surface area contributed by atoms with Crippen LogP contribution in [0.25, 0.3) is 16.7 Å². The second-order valence-corrected chi connectivity index (χ2v) is 3.23. The standard InChI is InChI=1S/C10H7N5O.ClH/c16-10-8-5-14-15(9(8)12-6-13-10)7-1-3-11-4-2-7;/h1-6H,(H,12,13,16);1H. The van der Waals surface area contributed by atoms with Crippen molar-refractivity contribution < 1.29 is 0 Å². The molecule has 0 radical (unpaired) electrons. The van der Waals surface area contributed by atoms with E-state index in [1.54, 1.807) is 29.2 Å². The molecule has 0 atom stereocenters. The van der Waals surface area contributed by atoms with Crippen LogP contribution in [0.5, 0.6) is 0 Å². The Hall–Kier alpha value is -2.21. The fraction of sp³-hybridized carbons (Fsp3) is 0. The maximum atomic E-state index is 11.5. The van der Waals surface area contributed by atoms with E-state index in [-0.39, 0.29) is 18.0 Å². The van der Waals surface area contributed by atoms with E-state index in [9.17, 15) is 4.79 Å². The third kappa shape index (κ3) is 1.78. The molecule has 7 heteroatoms. The molecule has 0 saturated carbocycles. The van der Waals surface area contributed by atoms with Gasteiger partial charge in [-0.2, -0.15) is 5.10 Å². The van der Waals surface area contributed by atoms with Crippen molar-refractivity contribution >= 4 is 23.4 Å². The van der Waals surface area contributed by atoms with E-state index in [1.807, 2.05) is 0 Å². The number of hydrogen-bond acceptors (Lipinski definition) is 4. The maximum Gasteiger partial charge on any atom is 0.261 e. The minimum absolute atomic E-state index is 0. The SMILES string of the molecule is Cl.O=c1[nH]cnc2c1cnn2-c1ccncc1. The molecular formula is C10H8ClN5O. The normalized spacial score (nSPS) is 10.1. The molecule has 3 aromatic heterocycles. The molecule has 3 heterocycles. The van der Waals surface area contributed by atoms with Crippen molar-refractivity contribution in [1.29, 1.82) is 0 Å². The average molecular weight is 250 g/mol. The molecule has 3 rings (SSSR count). The molecule has 86 valence electrons. The van der Waals surface area contributed by atoms with Crippen molar-refractivity contribution in [3.63, 3.8) is 0 Å². The summed E-state index contributed by atoms with van der Waals surface area (Å²) in [5, 5.41) is 4.60. The first-order chi connectivity index (χ1) is 7.86. The molecule has 0 saturated heterocycles. The van der Waals surface area contributed by atoms with Crippen LogP contribution in [-0.2, 0) is 0 Å². The fourth-order valence-electron chi connectivity index (χ4n) is 1.53. The first-order valence-electron chi connectivity index (χ1n) is 4.68. The quantitative estimate of drug-likeness (QED) is 0.696. The summed E-state index contributed by atoms with van der Waals surface area (Å²) in [4.78, 5) is 22.0. The summed E-state index contributed by atoms with van der Waals surface area (Å²) < 4.78 is 1.60. The van der Waals surface area contributed by atoms with Gasteiger partial charge in [0.2, 0.25) is 0 Å². The zero-order valence-electron chi connectivity index (χ0n) is 8.57. The van der Waals surface area contributed by atoms with Crippen molar-refractivity contribution in [2.24, 2.45) is 0 Å². The molecule has 0 unspecified atom stereocenters. The fourth-order valence-corrected chi connectivity index (χ4v) is 1.53. The second kappa shape index (κ2) is 4.34. The highest BCUT2D eigenvalue weighted by atomic mass is 35.5. The molecule has 0 aliphatic heterocycles. The molecule has 0 bridgehead atoms. The van der Waals surface area contributed by atoms with Crippen LogP contribution < -0.4 is 5.56 Å². The number of hydrogen-bond donors (Lipinski definition) is 1. The molecule has 0 aromatic carbocycles. The lowest BCUT2D eigenvalue weighted by atomic mass is 10.4. The van der Waals surface area contributed by atoms with Gasteiger partial charge in [0, 0.05) is 12.4 Å². The molecule has 0 aliphatic rings. The molecule has 3 aromatic rings. The smallest absolute Gasteiger partial charge is 0.261 e. The molecule has 6 nitrogen and oxygen atoms in total. The van der Waals surface area contributed by atoms with Gasteiger partial charge in [0.25, 0.3) is 5.56 Å². The van der Waals surface area contributed by atoms with E-state index < -0.39 is 0 Å². The summed E-state index contributed by atoms with van der Waals surface area (Å²) in [7, 11) is 0. The van der Waals surface area contributed by atoms with E-state index in [0.717, 1.165) is 5.69 Å². The van der Waals surface area contributed by atoms with Crippen molar-refractivity contribution in [3.8, 4) is 5.69 Å². The Morgan fingerprint density at radius 1 is 1.24 bits per heavy atom. The van der Waals surface area contributed by atoms with Crippen LogP contribution in [0.15, 0.2) is 41.8 Å². The number of aromatic nitrogens is 5. The van der Waals surface area contributed by atoms with Gasteiger partial charge in [-0.05, 0) is 12.1 Å². The van der Waals surface area contributed by atoms with E-state index in [1.165, 1.54) is 12.5 Å². The van der Waals surface area contributed by atoms with Gasteiger partial charge < -0.3 is 4.98 Å². The molecule has 0 amide bonds. The van der Waals surface area contributed by atoms with Crippen LogP contribution in [0.2, 0.25) is 0 Å². The summed E-state index contributed by atoms with van der Waals surface area (Å²) >= 11 is 0. The number of pyridine rings is 1. The van der Waals surface area contributed by atoms with E-state index in [2.05, 4.69) is 20.1 Å². The highest BCUT2D eigenvalue weighted by Gasteiger charge is 2.07. The Labute approximate surface area is 102 Å². The number of rotatable bonds is 1. The van der Waals surface area contributed by atoms with Crippen LogP contribution in [0.3, 0.4) is 0 Å². The Kier molecular flexibility index (Phi) is 2.88. The minimum Gasteiger partial charge on any atom is -0.312 e. The zero-order chi connectivity index (χ0) is 11.0. The summed E-state index contributed by atoms with van der Waals surface area (Å²) in [5.74, 6) is 0. The molecule has 0 fully saturated rings. The number of nitrogens with zero attached hydrogens (tertiary/aromatic N) is 4. The van der Waals surface area contributed by atoms with Crippen LogP contribution in [-0.4, -0.2) is 24.7 Å². The monoisotopic (exact) mass is 249 g/mol. The first-order valence-corrected chi connectivity index (χ1v) is 4.68. The topological polar surface area (TPSA) is 76.5 Å². The van der Waals surface area contributed by atoms with Gasteiger partial charge in [-0.15, -0.1) is 12.4 Å². The lowest BCUT2D eigenvalue weighted by Crippen LogP contribution is -2.06. The summed E-state index contributed by atoms with van der Waals surface area (Å²) in [6.07, 6.45) is 6.19. The predicted octanol–water partition coefficient (Wildman–Crippen LogP) is 0.926. The van der Waals surface area contributed by atoms with Gasteiger partial charge in [-0.25, -0.2) is 9.67 Å². The number of fused-ring (bicyclic) bond motifs is 1. The zero-order valence-corrected chi connectivity index (χ0v) is 9.39. The highest BCUT2D eigenvalue weighted by Crippen LogP contribution is 2.11. The second-order valence-electron chi connectivity index (χ2n) is 3.23. The molecular weight excluding hydrogens is 242 g/mol. The average Bonchev–Trinajstić information content (AvgIpc) is 2.75. The van der Waals surface area contributed by atoms with Crippen LogP contribution in [0.4, 0.5) is 0 Å². The van der Waals surface area contributed by atoms with Crippen LogP contribution in [0, 0.1) is 0 Å². The van der Waals surface area contributed by atoms with Crippen molar-refractivity contribution in [1.82, 2.24) is 24.7 Å². The minimum atomic E-state index is -0.190. The molecule has 0 aliphatic carbocycles. The van der Waals surface area contributed by atoms with Gasteiger partial charge in [0.05, 0.1) is 18.2 Å². The van der Waals surface area contributed by atoms with E-state index in [0.29, 0.717) is 11.0 Å². The summed E-state index contributed by atoms with van der Waals surface area (Å²) in [6, 6.07) is 3.60. The van der Waals surface area contributed by atoms with Gasteiger partial charge in [-0.3, -0.25) is 9.78 Å². The highest BCUT2D eigenvalue weighted by molar-refractivity contribution is 5.85. The van der Waals surface area contributed by atoms with Gasteiger partial charge >= 0.3 is 0 Å². The number of aromatic amines is 1. The Morgan fingerprint density at radius 2 is 2.00 bits per heavy atom. The largest absolute Gasteiger partial charge is 0.312 e. The Morgan fingerprint density at radius 3 is 2.76 bits per heavy atom. The van der Waals surface area contributed by atoms with Gasteiger partial charge in [-0.1, -0.05) is 0 Å². The predicted molar refractivity (Wildman–Crippen MR) is 64.5 cm³/mol. The van der Waals surface area contributed by atoms with Crippen molar-refractivity contribution in [3.05, 3.63) is 47.4 Å². The van der Waals surface area contributed by atoms with E-state index in [4.69, 9.17) is 0 Å². The maximum absolute atomic E-state index is 11.5. The molecule has 17 heavy (non-hydrogen) atoms. The van der Waals surface area contributed by atoms with Crippen LogP contribution >= 0.6 is 12.4 Å². The van der Waals surface area contributed by atoms with Gasteiger partial charge in [0.1, 0.15) is 5.39 Å². The summed E-state index contributed by atoms with van der Waals surface area (Å²) in [6.45, 7) is 0. The molecule has 1 N–H and O–H groups in total. The number of halogens is 1. The van der Waals surface area contributed by atoms with Crippen molar-refractivity contribution in [2.75, 3.05) is 0 Å². The Balaban J connectivity index is 0.00000108. The van der Waals surface area contributed by atoms with E-state index >= 15 is 0 Å².